The Bertz CT molecular complexity index is 664. The Hall–Kier alpha value is -1.42. The average molecular weight is 389 g/mol. The van der Waals surface area contributed by atoms with Crippen LogP contribution in [0.2, 0.25) is 0 Å². The molecule has 28 heavy (non-hydrogen) atoms. The van der Waals surface area contributed by atoms with Gasteiger partial charge in [-0.1, -0.05) is 39.5 Å². The molecular weight excluding hydrogens is 352 g/mol. The third-order valence-electron chi connectivity index (χ3n) is 7.20. The first-order valence-electron chi connectivity index (χ1n) is 10.9. The molecule has 0 aromatic heterocycles. The van der Waals surface area contributed by atoms with Crippen LogP contribution in [-0.2, 0) is 19.1 Å². The molecule has 3 aliphatic rings. The Morgan fingerprint density at radius 2 is 2.04 bits per heavy atom. The van der Waals surface area contributed by atoms with Gasteiger partial charge in [-0.15, -0.1) is 0 Å². The highest BCUT2D eigenvalue weighted by Gasteiger charge is 2.58. The van der Waals surface area contributed by atoms with Crippen LogP contribution in [0.5, 0.6) is 0 Å². The van der Waals surface area contributed by atoms with E-state index in [0.717, 1.165) is 19.3 Å². The summed E-state index contributed by atoms with van der Waals surface area (Å²) in [5.41, 5.74) is 1.06. The molecule has 1 saturated carbocycles. The van der Waals surface area contributed by atoms with Gasteiger partial charge in [-0.05, 0) is 50.0 Å². The van der Waals surface area contributed by atoms with Crippen molar-refractivity contribution in [3.63, 3.8) is 0 Å². The minimum atomic E-state index is -0.797. The van der Waals surface area contributed by atoms with Crippen LogP contribution in [-0.4, -0.2) is 29.6 Å². The van der Waals surface area contributed by atoms with Crippen LogP contribution in [0.15, 0.2) is 24.3 Å². The minimum Gasteiger partial charge on any atom is -0.457 e. The smallest absolute Gasteiger partial charge is 0.306 e. The summed E-state index contributed by atoms with van der Waals surface area (Å²) in [6, 6.07) is 0. The Morgan fingerprint density at radius 3 is 2.68 bits per heavy atom. The van der Waals surface area contributed by atoms with Gasteiger partial charge in [-0.2, -0.15) is 0 Å². The van der Waals surface area contributed by atoms with E-state index in [-0.39, 0.29) is 35.8 Å². The molecule has 4 heteroatoms. The maximum atomic E-state index is 12.6. The highest BCUT2D eigenvalue weighted by Crippen LogP contribution is 2.55. The fourth-order valence-electron chi connectivity index (χ4n) is 5.70. The number of carbonyl (C=O) groups excluding carboxylic acids is 2. The fourth-order valence-corrected chi connectivity index (χ4v) is 5.70. The monoisotopic (exact) mass is 388 g/mol. The van der Waals surface area contributed by atoms with Gasteiger partial charge < -0.3 is 9.47 Å². The van der Waals surface area contributed by atoms with Gasteiger partial charge in [-0.3, -0.25) is 9.59 Å². The van der Waals surface area contributed by atoms with E-state index in [0.29, 0.717) is 43.1 Å². The number of ether oxygens (including phenoxy) is 2. The first-order chi connectivity index (χ1) is 13.2. The molecule has 3 rings (SSSR count). The first kappa shape index (κ1) is 21.3. The van der Waals surface area contributed by atoms with Gasteiger partial charge in [0.15, 0.2) is 5.78 Å². The zero-order chi connectivity index (χ0) is 20.6. The molecule has 4 nitrogen and oxygen atoms in total. The lowest BCUT2D eigenvalue weighted by molar-refractivity contribution is -0.181. The van der Waals surface area contributed by atoms with Crippen LogP contribution in [0, 0.1) is 23.7 Å². The molecule has 1 aliphatic carbocycles. The molecule has 3 fully saturated rings. The molecule has 0 amide bonds. The zero-order valence-electron chi connectivity index (χ0n) is 18.0. The van der Waals surface area contributed by atoms with Crippen molar-refractivity contribution < 1.29 is 19.1 Å². The standard InChI is InChI=1S/C24H36O4/c1-7-8-20(26)28-24(6)12-11-18(25)16(5)13-19-21-15(4)9-10-17(14(2)3)22(21)23(24)27-19/h14,17,19,21-23H,4-5,7-13H2,1-3,6H3/t17-,19+,21-,22-,23+,24-/m1/s1. The van der Waals surface area contributed by atoms with Gasteiger partial charge in [0.25, 0.3) is 0 Å². The summed E-state index contributed by atoms with van der Waals surface area (Å²) in [7, 11) is 0. The predicted molar refractivity (Wildman–Crippen MR) is 110 cm³/mol. The van der Waals surface area contributed by atoms with Gasteiger partial charge in [0.1, 0.15) is 11.7 Å². The van der Waals surface area contributed by atoms with Gasteiger partial charge >= 0.3 is 5.97 Å². The number of hydrogen-bond acceptors (Lipinski definition) is 4. The highest BCUT2D eigenvalue weighted by atomic mass is 16.6. The summed E-state index contributed by atoms with van der Waals surface area (Å²) in [4.78, 5) is 25.1. The van der Waals surface area contributed by atoms with Gasteiger partial charge in [0.2, 0.25) is 0 Å². The Balaban J connectivity index is 2.03. The Kier molecular flexibility index (Phi) is 6.19. The lowest BCUT2D eigenvalue weighted by Gasteiger charge is -2.45. The molecule has 0 spiro atoms. The molecular formula is C24H36O4. The van der Waals surface area contributed by atoms with Gasteiger partial charge in [-0.25, -0.2) is 0 Å². The zero-order valence-corrected chi connectivity index (χ0v) is 18.0. The molecule has 0 N–H and O–H groups in total. The number of ketones is 1. The molecule has 2 aliphatic heterocycles. The molecule has 0 aromatic carbocycles. The molecule has 6 atom stereocenters. The van der Waals surface area contributed by atoms with E-state index >= 15 is 0 Å². The first-order valence-corrected chi connectivity index (χ1v) is 10.9. The number of rotatable bonds is 4. The van der Waals surface area contributed by atoms with E-state index in [9.17, 15) is 9.59 Å². The summed E-state index contributed by atoms with van der Waals surface area (Å²) in [6.07, 6.45) is 4.34. The van der Waals surface area contributed by atoms with E-state index < -0.39 is 5.60 Å². The Morgan fingerprint density at radius 1 is 1.32 bits per heavy atom. The van der Waals surface area contributed by atoms with Crippen LogP contribution >= 0.6 is 0 Å². The van der Waals surface area contributed by atoms with Crippen molar-refractivity contribution in [1.82, 2.24) is 0 Å². The number of esters is 1. The van der Waals surface area contributed by atoms with Crippen molar-refractivity contribution in [3.8, 4) is 0 Å². The second kappa shape index (κ2) is 8.14. The summed E-state index contributed by atoms with van der Waals surface area (Å²) >= 11 is 0. The Labute approximate surface area is 169 Å². The van der Waals surface area contributed by atoms with Crippen molar-refractivity contribution in [2.75, 3.05) is 0 Å². The fraction of sp³-hybridized carbons (Fsp3) is 0.750. The van der Waals surface area contributed by atoms with Crippen LogP contribution in [0.25, 0.3) is 0 Å². The normalized spacial score (nSPS) is 38.6. The number of fused-ring (bicyclic) bond motifs is 5. The minimum absolute atomic E-state index is 0.0623. The van der Waals surface area contributed by atoms with Crippen molar-refractivity contribution in [2.24, 2.45) is 23.7 Å². The van der Waals surface area contributed by atoms with E-state index in [1.54, 1.807) is 0 Å². The number of Topliss-reactive ketones (excluding diaryl/α,β-unsaturated/α-hetero) is 1. The van der Waals surface area contributed by atoms with Gasteiger partial charge in [0.05, 0.1) is 6.10 Å². The van der Waals surface area contributed by atoms with Crippen molar-refractivity contribution in [3.05, 3.63) is 24.3 Å². The molecule has 2 heterocycles. The average Bonchev–Trinajstić information content (AvgIpc) is 3.01. The molecule has 0 radical (unpaired) electrons. The maximum absolute atomic E-state index is 12.6. The highest BCUT2D eigenvalue weighted by molar-refractivity contribution is 5.94. The van der Waals surface area contributed by atoms with E-state index in [1.165, 1.54) is 5.57 Å². The summed E-state index contributed by atoms with van der Waals surface area (Å²) in [6.45, 7) is 16.9. The maximum Gasteiger partial charge on any atom is 0.306 e. The molecule has 156 valence electrons. The predicted octanol–water partition coefficient (Wildman–Crippen LogP) is 5.02. The number of hydrogen-bond donors (Lipinski definition) is 0. The molecule has 2 bridgehead atoms. The van der Waals surface area contributed by atoms with Crippen molar-refractivity contribution in [2.45, 2.75) is 90.4 Å². The van der Waals surface area contributed by atoms with Crippen LogP contribution in [0.4, 0.5) is 0 Å². The third-order valence-corrected chi connectivity index (χ3v) is 7.20. The van der Waals surface area contributed by atoms with Crippen molar-refractivity contribution in [1.29, 1.82) is 0 Å². The molecule has 2 saturated heterocycles. The molecule has 0 aromatic rings. The lowest BCUT2D eigenvalue weighted by atomic mass is 9.61. The number of carbonyl (C=O) groups is 2. The van der Waals surface area contributed by atoms with E-state index in [1.807, 2.05) is 13.8 Å². The van der Waals surface area contributed by atoms with Crippen LogP contribution in [0.3, 0.4) is 0 Å². The lowest BCUT2D eigenvalue weighted by Crippen LogP contribution is -2.50. The third kappa shape index (κ3) is 3.85. The topological polar surface area (TPSA) is 52.6 Å². The molecule has 0 unspecified atom stereocenters. The second-order valence-electron chi connectivity index (χ2n) is 9.57. The summed E-state index contributed by atoms with van der Waals surface area (Å²) in [5.74, 6) is 1.36. The van der Waals surface area contributed by atoms with Crippen LogP contribution in [0.1, 0.15) is 72.6 Å². The quantitative estimate of drug-likeness (QED) is 0.385. The van der Waals surface area contributed by atoms with Crippen LogP contribution < -0.4 is 0 Å². The van der Waals surface area contributed by atoms with E-state index in [4.69, 9.17) is 9.47 Å². The SMILES string of the molecule is C=C1C[C@@H]2O[C@@H]([C@H]3[C@@H]2C(=C)CC[C@@H]3C(C)C)[C@](C)(OC(=O)CCC)CCC1=O. The second-order valence-corrected chi connectivity index (χ2v) is 9.57. The van der Waals surface area contributed by atoms with Gasteiger partial charge in [0, 0.05) is 31.1 Å². The van der Waals surface area contributed by atoms with Crippen molar-refractivity contribution >= 4 is 11.8 Å². The summed E-state index contributed by atoms with van der Waals surface area (Å²) in [5, 5.41) is 0. The summed E-state index contributed by atoms with van der Waals surface area (Å²) < 4.78 is 12.7. The van der Waals surface area contributed by atoms with E-state index in [2.05, 4.69) is 27.0 Å². The largest absolute Gasteiger partial charge is 0.457 e.